The van der Waals surface area contributed by atoms with Crippen molar-refractivity contribution in [3.8, 4) is 0 Å². The van der Waals surface area contributed by atoms with E-state index in [0.29, 0.717) is 17.4 Å². The zero-order valence-corrected chi connectivity index (χ0v) is 15.6. The maximum absolute atomic E-state index is 12.6. The normalized spacial score (nSPS) is 13.8. The Balaban J connectivity index is 1.49. The van der Waals surface area contributed by atoms with Crippen LogP contribution >= 0.6 is 0 Å². The van der Waals surface area contributed by atoms with E-state index in [1.165, 1.54) is 11.6 Å². The second kappa shape index (κ2) is 6.99. The van der Waals surface area contributed by atoms with Crippen LogP contribution < -0.4 is 10.0 Å². The van der Waals surface area contributed by atoms with E-state index in [1.54, 1.807) is 31.2 Å². The SMILES string of the molecule is Cc1cc(Nc2ccc(NS(=O)(=O)c3ccc4c(c3)CCCC4)nn2)no1. The molecule has 0 spiro atoms. The Labute approximate surface area is 157 Å². The molecule has 4 rings (SSSR count). The van der Waals surface area contributed by atoms with Crippen molar-refractivity contribution >= 4 is 27.5 Å². The summed E-state index contributed by atoms with van der Waals surface area (Å²) >= 11 is 0. The summed E-state index contributed by atoms with van der Waals surface area (Å²) in [6.07, 6.45) is 4.17. The predicted octanol–water partition coefficient (Wildman–Crippen LogP) is 3.20. The summed E-state index contributed by atoms with van der Waals surface area (Å²) in [5.74, 6) is 1.75. The first-order valence-corrected chi connectivity index (χ1v) is 10.2. The molecule has 1 aliphatic rings. The first kappa shape index (κ1) is 17.5. The molecule has 0 radical (unpaired) electrons. The molecule has 0 aliphatic heterocycles. The summed E-state index contributed by atoms with van der Waals surface area (Å²) in [7, 11) is -3.72. The van der Waals surface area contributed by atoms with Crippen molar-refractivity contribution in [1.29, 1.82) is 0 Å². The van der Waals surface area contributed by atoms with Gasteiger partial charge < -0.3 is 9.84 Å². The zero-order valence-electron chi connectivity index (χ0n) is 14.8. The summed E-state index contributed by atoms with van der Waals surface area (Å²) in [6.45, 7) is 1.78. The van der Waals surface area contributed by atoms with Crippen molar-refractivity contribution in [2.45, 2.75) is 37.5 Å². The quantitative estimate of drug-likeness (QED) is 0.694. The lowest BCUT2D eigenvalue weighted by atomic mass is 9.92. The average molecular weight is 385 g/mol. The van der Waals surface area contributed by atoms with Crippen LogP contribution in [0, 0.1) is 6.92 Å². The molecular formula is C18H19N5O3S. The topological polar surface area (TPSA) is 110 Å². The number of rotatable bonds is 5. The summed E-state index contributed by atoms with van der Waals surface area (Å²) in [5, 5.41) is 14.6. The minimum absolute atomic E-state index is 0.148. The van der Waals surface area contributed by atoms with Crippen LogP contribution in [0.25, 0.3) is 0 Å². The highest BCUT2D eigenvalue weighted by Gasteiger charge is 2.18. The van der Waals surface area contributed by atoms with Gasteiger partial charge in [0.1, 0.15) is 5.76 Å². The van der Waals surface area contributed by atoms with Crippen LogP contribution in [0.15, 0.2) is 45.8 Å². The second-order valence-corrected chi connectivity index (χ2v) is 8.18. The van der Waals surface area contributed by atoms with E-state index in [1.807, 2.05) is 6.07 Å². The number of benzene rings is 1. The van der Waals surface area contributed by atoms with Crippen LogP contribution in [0.2, 0.25) is 0 Å². The van der Waals surface area contributed by atoms with E-state index in [4.69, 9.17) is 4.52 Å². The summed E-state index contributed by atoms with van der Waals surface area (Å²) < 4.78 is 32.7. The van der Waals surface area contributed by atoms with Gasteiger partial charge in [-0.3, -0.25) is 4.72 Å². The minimum Gasteiger partial charge on any atom is -0.360 e. The third kappa shape index (κ3) is 3.92. The van der Waals surface area contributed by atoms with Gasteiger partial charge in [0.2, 0.25) is 0 Å². The number of fused-ring (bicyclic) bond motifs is 1. The lowest BCUT2D eigenvalue weighted by Gasteiger charge is -2.16. The lowest BCUT2D eigenvalue weighted by Crippen LogP contribution is -2.15. The number of hydrogen-bond donors (Lipinski definition) is 2. The van der Waals surface area contributed by atoms with Gasteiger partial charge in [-0.25, -0.2) is 8.42 Å². The van der Waals surface area contributed by atoms with Gasteiger partial charge in [0, 0.05) is 6.07 Å². The number of nitrogens with zero attached hydrogens (tertiary/aromatic N) is 3. The standard InChI is InChI=1S/C18H19N5O3S/c1-12-10-18(22-26-12)19-16-8-9-17(21-20-16)23-27(24,25)15-7-6-13-4-2-3-5-14(13)11-15/h6-11H,2-5H2,1H3,(H,21,23)(H,19,20,22). The van der Waals surface area contributed by atoms with Gasteiger partial charge in [-0.1, -0.05) is 11.2 Å². The number of sulfonamides is 1. The third-order valence-electron chi connectivity index (χ3n) is 4.42. The van der Waals surface area contributed by atoms with Crippen LogP contribution in [-0.4, -0.2) is 23.8 Å². The Morgan fingerprint density at radius 1 is 0.926 bits per heavy atom. The molecule has 0 saturated carbocycles. The summed E-state index contributed by atoms with van der Waals surface area (Å²) in [4.78, 5) is 0.241. The van der Waals surface area contributed by atoms with Crippen LogP contribution in [-0.2, 0) is 22.9 Å². The monoisotopic (exact) mass is 385 g/mol. The number of aromatic nitrogens is 3. The molecule has 9 heteroatoms. The molecule has 140 valence electrons. The van der Waals surface area contributed by atoms with E-state index in [2.05, 4.69) is 25.4 Å². The Bertz CT molecular complexity index is 1060. The van der Waals surface area contributed by atoms with Gasteiger partial charge in [0.15, 0.2) is 17.5 Å². The third-order valence-corrected chi connectivity index (χ3v) is 5.77. The van der Waals surface area contributed by atoms with E-state index in [-0.39, 0.29) is 10.7 Å². The molecule has 2 heterocycles. The number of anilines is 3. The highest BCUT2D eigenvalue weighted by atomic mass is 32.2. The van der Waals surface area contributed by atoms with Gasteiger partial charge in [-0.05, 0) is 68.0 Å². The molecular weight excluding hydrogens is 366 g/mol. The highest BCUT2D eigenvalue weighted by Crippen LogP contribution is 2.25. The maximum atomic E-state index is 12.6. The van der Waals surface area contributed by atoms with Crippen molar-refractivity contribution in [2.75, 3.05) is 10.0 Å². The van der Waals surface area contributed by atoms with Crippen LogP contribution in [0.4, 0.5) is 17.5 Å². The molecule has 1 aliphatic carbocycles. The molecule has 1 aromatic carbocycles. The van der Waals surface area contributed by atoms with Gasteiger partial charge in [0.05, 0.1) is 4.90 Å². The number of nitrogens with one attached hydrogen (secondary N) is 2. The average Bonchev–Trinajstić information content (AvgIpc) is 3.07. The van der Waals surface area contributed by atoms with Gasteiger partial charge in [-0.2, -0.15) is 0 Å². The molecule has 2 N–H and O–H groups in total. The van der Waals surface area contributed by atoms with Crippen molar-refractivity contribution in [2.24, 2.45) is 0 Å². The fraction of sp³-hybridized carbons (Fsp3) is 0.278. The zero-order chi connectivity index (χ0) is 18.9. The van der Waals surface area contributed by atoms with Crippen molar-refractivity contribution in [1.82, 2.24) is 15.4 Å². The molecule has 0 unspecified atom stereocenters. The fourth-order valence-corrected chi connectivity index (χ4v) is 4.13. The first-order chi connectivity index (χ1) is 13.0. The molecule has 0 atom stereocenters. The fourth-order valence-electron chi connectivity index (χ4n) is 3.08. The van der Waals surface area contributed by atoms with Crippen LogP contribution in [0.1, 0.15) is 29.7 Å². The Kier molecular flexibility index (Phi) is 4.53. The van der Waals surface area contributed by atoms with Gasteiger partial charge in [0.25, 0.3) is 10.0 Å². The van der Waals surface area contributed by atoms with Gasteiger partial charge in [-0.15, -0.1) is 10.2 Å². The molecule has 8 nitrogen and oxygen atoms in total. The lowest BCUT2D eigenvalue weighted by molar-refractivity contribution is 0.400. The van der Waals surface area contributed by atoms with Crippen LogP contribution in [0.5, 0.6) is 0 Å². The molecule has 0 saturated heterocycles. The molecule has 3 aromatic rings. The van der Waals surface area contributed by atoms with Crippen LogP contribution in [0.3, 0.4) is 0 Å². The molecule has 0 amide bonds. The van der Waals surface area contributed by atoms with Gasteiger partial charge >= 0.3 is 0 Å². The van der Waals surface area contributed by atoms with Crippen molar-refractivity contribution in [3.63, 3.8) is 0 Å². The number of aryl methyl sites for hydroxylation is 3. The van der Waals surface area contributed by atoms with E-state index in [0.717, 1.165) is 31.2 Å². The Hall–Kier alpha value is -2.94. The minimum atomic E-state index is -3.72. The van der Waals surface area contributed by atoms with Crippen molar-refractivity contribution < 1.29 is 12.9 Å². The molecule has 2 aromatic heterocycles. The van der Waals surface area contributed by atoms with Crippen molar-refractivity contribution in [3.05, 3.63) is 53.3 Å². The largest absolute Gasteiger partial charge is 0.360 e. The second-order valence-electron chi connectivity index (χ2n) is 6.49. The molecule has 27 heavy (non-hydrogen) atoms. The highest BCUT2D eigenvalue weighted by molar-refractivity contribution is 7.92. The smallest absolute Gasteiger partial charge is 0.263 e. The Morgan fingerprint density at radius 2 is 1.67 bits per heavy atom. The van der Waals surface area contributed by atoms with E-state index in [9.17, 15) is 8.42 Å². The molecule has 0 bridgehead atoms. The molecule has 0 fully saturated rings. The van der Waals surface area contributed by atoms with E-state index >= 15 is 0 Å². The summed E-state index contributed by atoms with van der Waals surface area (Å²) in [6, 6.07) is 10.2. The number of hydrogen-bond acceptors (Lipinski definition) is 7. The Morgan fingerprint density at radius 3 is 2.37 bits per heavy atom. The predicted molar refractivity (Wildman–Crippen MR) is 100 cm³/mol. The van der Waals surface area contributed by atoms with E-state index < -0.39 is 10.0 Å². The first-order valence-electron chi connectivity index (χ1n) is 8.68. The summed E-state index contributed by atoms with van der Waals surface area (Å²) in [5.41, 5.74) is 2.34. The maximum Gasteiger partial charge on any atom is 0.263 e.